The Morgan fingerprint density at radius 1 is 1.03 bits per heavy atom. The van der Waals surface area contributed by atoms with E-state index in [9.17, 15) is 9.59 Å². The summed E-state index contributed by atoms with van der Waals surface area (Å²) in [6.45, 7) is 4.24. The fourth-order valence-corrected chi connectivity index (χ4v) is 3.60. The third-order valence-corrected chi connectivity index (χ3v) is 5.62. The molecular formula is C24H31N5O2. The third-order valence-electron chi connectivity index (χ3n) is 5.62. The number of hydrogen-bond acceptors (Lipinski definition) is 4. The summed E-state index contributed by atoms with van der Waals surface area (Å²) in [5.41, 5.74) is 2.68. The molecule has 2 aromatic carbocycles. The molecule has 0 radical (unpaired) electrons. The standard InChI is InChI=1S/C24H31N5O2/c1-17(25-16-21(27(3)4)19-12-8-6-9-13-19)23(30)26-22-18(2)28(5)29(24(22)31)20-14-10-7-11-15-20/h6-15,17,21,25H,16H2,1-5H3,(H,26,30)/t17-,21-/m1/s1. The monoisotopic (exact) mass is 421 g/mol. The van der Waals surface area contributed by atoms with E-state index in [1.165, 1.54) is 5.56 Å². The molecule has 7 heteroatoms. The molecule has 0 bridgehead atoms. The zero-order valence-corrected chi connectivity index (χ0v) is 18.8. The zero-order valence-electron chi connectivity index (χ0n) is 18.8. The second-order valence-electron chi connectivity index (χ2n) is 7.95. The maximum atomic E-state index is 13.0. The molecule has 0 spiro atoms. The van der Waals surface area contributed by atoms with Gasteiger partial charge in [0, 0.05) is 19.6 Å². The van der Waals surface area contributed by atoms with Gasteiger partial charge in [-0.1, -0.05) is 48.5 Å². The molecule has 3 aromatic rings. The number of carbonyl (C=O) groups is 1. The van der Waals surface area contributed by atoms with E-state index in [0.717, 1.165) is 5.69 Å². The minimum atomic E-state index is -0.463. The van der Waals surface area contributed by atoms with Gasteiger partial charge in [0.25, 0.3) is 5.56 Å². The summed E-state index contributed by atoms with van der Waals surface area (Å²) in [6, 6.07) is 19.2. The van der Waals surface area contributed by atoms with Crippen LogP contribution in [0.5, 0.6) is 0 Å². The Labute approximate surface area is 183 Å². The van der Waals surface area contributed by atoms with Crippen LogP contribution in [0.1, 0.15) is 24.2 Å². The summed E-state index contributed by atoms with van der Waals surface area (Å²) in [4.78, 5) is 28.0. The van der Waals surface area contributed by atoms with Crippen LogP contribution in [0.3, 0.4) is 0 Å². The molecule has 0 aliphatic heterocycles. The molecule has 0 aliphatic carbocycles. The van der Waals surface area contributed by atoms with E-state index < -0.39 is 6.04 Å². The summed E-state index contributed by atoms with van der Waals surface area (Å²) in [5, 5.41) is 6.14. The van der Waals surface area contributed by atoms with Crippen molar-refractivity contribution in [3.8, 4) is 5.69 Å². The maximum Gasteiger partial charge on any atom is 0.295 e. The molecule has 0 aliphatic rings. The largest absolute Gasteiger partial charge is 0.319 e. The lowest BCUT2D eigenvalue weighted by molar-refractivity contribution is -0.117. The molecule has 1 aromatic heterocycles. The van der Waals surface area contributed by atoms with Crippen LogP contribution >= 0.6 is 0 Å². The third kappa shape index (κ3) is 4.95. The van der Waals surface area contributed by atoms with Gasteiger partial charge in [0.1, 0.15) is 5.69 Å². The lowest BCUT2D eigenvalue weighted by Gasteiger charge is -2.26. The number of para-hydroxylation sites is 1. The fraction of sp³-hybridized carbons (Fsp3) is 0.333. The molecule has 2 atom stereocenters. The predicted octanol–water partition coefficient (Wildman–Crippen LogP) is 2.70. The van der Waals surface area contributed by atoms with Crippen molar-refractivity contribution < 1.29 is 4.79 Å². The lowest BCUT2D eigenvalue weighted by atomic mass is 10.1. The number of carbonyl (C=O) groups excluding carboxylic acids is 1. The van der Waals surface area contributed by atoms with Crippen LogP contribution in [-0.2, 0) is 11.8 Å². The second-order valence-corrected chi connectivity index (χ2v) is 7.95. The predicted molar refractivity (Wildman–Crippen MR) is 125 cm³/mol. The molecule has 7 nitrogen and oxygen atoms in total. The Kier molecular flexibility index (Phi) is 7.09. The topological polar surface area (TPSA) is 71.3 Å². The van der Waals surface area contributed by atoms with Gasteiger partial charge in [-0.05, 0) is 45.6 Å². The average Bonchev–Trinajstić information content (AvgIpc) is 2.98. The Bertz CT molecular complexity index is 1070. The number of anilines is 1. The van der Waals surface area contributed by atoms with Crippen molar-refractivity contribution in [3.63, 3.8) is 0 Å². The van der Waals surface area contributed by atoms with E-state index in [1.54, 1.807) is 16.3 Å². The highest BCUT2D eigenvalue weighted by Crippen LogP contribution is 2.17. The summed E-state index contributed by atoms with van der Waals surface area (Å²) < 4.78 is 3.31. The first-order chi connectivity index (χ1) is 14.8. The molecular weight excluding hydrogens is 390 g/mol. The molecule has 0 saturated heterocycles. The van der Waals surface area contributed by atoms with Gasteiger partial charge in [0.15, 0.2) is 0 Å². The number of nitrogens with zero attached hydrogens (tertiary/aromatic N) is 3. The van der Waals surface area contributed by atoms with Crippen LogP contribution in [0.4, 0.5) is 5.69 Å². The first-order valence-corrected chi connectivity index (χ1v) is 10.4. The molecule has 1 amide bonds. The van der Waals surface area contributed by atoms with Crippen LogP contribution in [0.2, 0.25) is 0 Å². The summed E-state index contributed by atoms with van der Waals surface area (Å²) in [5.74, 6) is -0.239. The van der Waals surface area contributed by atoms with Crippen molar-refractivity contribution in [2.75, 3.05) is 26.0 Å². The Morgan fingerprint density at radius 3 is 2.19 bits per heavy atom. The van der Waals surface area contributed by atoms with Crippen molar-refractivity contribution in [1.82, 2.24) is 19.6 Å². The number of rotatable bonds is 8. The van der Waals surface area contributed by atoms with E-state index in [1.807, 2.05) is 76.6 Å². The van der Waals surface area contributed by atoms with Crippen LogP contribution in [-0.4, -0.2) is 46.9 Å². The number of amides is 1. The highest BCUT2D eigenvalue weighted by Gasteiger charge is 2.22. The van der Waals surface area contributed by atoms with Crippen molar-refractivity contribution in [2.24, 2.45) is 7.05 Å². The molecule has 164 valence electrons. The van der Waals surface area contributed by atoms with Crippen LogP contribution in [0, 0.1) is 6.92 Å². The maximum absolute atomic E-state index is 13.0. The van der Waals surface area contributed by atoms with Crippen molar-refractivity contribution >= 4 is 11.6 Å². The van der Waals surface area contributed by atoms with Crippen LogP contribution in [0.15, 0.2) is 65.5 Å². The normalized spacial score (nSPS) is 13.2. The molecule has 0 fully saturated rings. The Balaban J connectivity index is 1.72. The van der Waals surface area contributed by atoms with Crippen molar-refractivity contribution in [2.45, 2.75) is 25.9 Å². The number of aromatic nitrogens is 2. The molecule has 0 unspecified atom stereocenters. The van der Waals surface area contributed by atoms with Crippen molar-refractivity contribution in [3.05, 3.63) is 82.3 Å². The summed E-state index contributed by atoms with van der Waals surface area (Å²) in [7, 11) is 5.84. The Morgan fingerprint density at radius 2 is 1.61 bits per heavy atom. The van der Waals surface area contributed by atoms with Gasteiger partial charge < -0.3 is 15.5 Å². The highest BCUT2D eigenvalue weighted by molar-refractivity contribution is 5.94. The van der Waals surface area contributed by atoms with Crippen LogP contribution < -0.4 is 16.2 Å². The van der Waals surface area contributed by atoms with Gasteiger partial charge in [-0.25, -0.2) is 4.68 Å². The first kappa shape index (κ1) is 22.5. The van der Waals surface area contributed by atoms with Gasteiger partial charge in [-0.15, -0.1) is 0 Å². The zero-order chi connectivity index (χ0) is 22.5. The first-order valence-electron chi connectivity index (χ1n) is 10.4. The van der Waals surface area contributed by atoms with Gasteiger partial charge in [0.05, 0.1) is 17.4 Å². The SMILES string of the molecule is Cc1c(NC(=O)[C@@H](C)NC[C@H](c2ccccc2)N(C)C)c(=O)n(-c2ccccc2)n1C. The molecule has 3 rings (SSSR count). The van der Waals surface area contributed by atoms with Gasteiger partial charge in [-0.3, -0.25) is 14.3 Å². The summed E-state index contributed by atoms with van der Waals surface area (Å²) >= 11 is 0. The molecule has 0 saturated carbocycles. The van der Waals surface area contributed by atoms with Crippen LogP contribution in [0.25, 0.3) is 5.69 Å². The lowest BCUT2D eigenvalue weighted by Crippen LogP contribution is -2.42. The number of benzene rings is 2. The van der Waals surface area contributed by atoms with E-state index in [0.29, 0.717) is 17.9 Å². The van der Waals surface area contributed by atoms with E-state index in [4.69, 9.17) is 0 Å². The molecule has 2 N–H and O–H groups in total. The minimum Gasteiger partial charge on any atom is -0.319 e. The number of hydrogen-bond donors (Lipinski definition) is 2. The minimum absolute atomic E-state index is 0.130. The highest BCUT2D eigenvalue weighted by atomic mass is 16.2. The smallest absolute Gasteiger partial charge is 0.295 e. The second kappa shape index (κ2) is 9.76. The quantitative estimate of drug-likeness (QED) is 0.587. The van der Waals surface area contributed by atoms with Crippen molar-refractivity contribution in [1.29, 1.82) is 0 Å². The van der Waals surface area contributed by atoms with Gasteiger partial charge in [-0.2, -0.15) is 0 Å². The average molecular weight is 422 g/mol. The summed E-state index contributed by atoms with van der Waals surface area (Å²) in [6.07, 6.45) is 0. The van der Waals surface area contributed by atoms with Gasteiger partial charge >= 0.3 is 0 Å². The van der Waals surface area contributed by atoms with Gasteiger partial charge in [0.2, 0.25) is 5.91 Å². The number of likely N-dealkylation sites (N-methyl/N-ethyl adjacent to an activating group) is 1. The molecule has 31 heavy (non-hydrogen) atoms. The molecule has 1 heterocycles. The Hall–Kier alpha value is -3.16. The van der Waals surface area contributed by atoms with E-state index in [-0.39, 0.29) is 17.5 Å². The van der Waals surface area contributed by atoms with E-state index in [2.05, 4.69) is 27.7 Å². The van der Waals surface area contributed by atoms with E-state index >= 15 is 0 Å². The number of nitrogens with one attached hydrogen (secondary N) is 2. The fourth-order valence-electron chi connectivity index (χ4n) is 3.60.